The molecule has 9 nitrogen and oxygen atoms in total. The van der Waals surface area contributed by atoms with Gasteiger partial charge in [0.1, 0.15) is 5.69 Å². The van der Waals surface area contributed by atoms with Crippen LogP contribution in [0.25, 0.3) is 0 Å². The predicted molar refractivity (Wildman–Crippen MR) is 73.3 cm³/mol. The Morgan fingerprint density at radius 1 is 1.47 bits per heavy atom. The minimum atomic E-state index is -0.887. The molecule has 19 heavy (non-hydrogen) atoms. The van der Waals surface area contributed by atoms with E-state index in [1.54, 1.807) is 6.26 Å². The largest absolute Gasteiger partial charge is 0.364 e. The molecule has 4 N–H and O–H groups in total. The number of aromatic nitrogens is 2. The SMILES string of the molecule is Cc1nc(NN)nc(NCCCS(C)=O)c1[N+](=O)[O-]. The van der Waals surface area contributed by atoms with Gasteiger partial charge in [0.2, 0.25) is 11.8 Å². The number of nitro groups is 1. The van der Waals surface area contributed by atoms with Crippen molar-refractivity contribution in [2.75, 3.05) is 29.3 Å². The van der Waals surface area contributed by atoms with Crippen molar-refractivity contribution in [1.29, 1.82) is 0 Å². The van der Waals surface area contributed by atoms with Crippen LogP contribution in [0.15, 0.2) is 0 Å². The third kappa shape index (κ3) is 4.41. The highest BCUT2D eigenvalue weighted by Gasteiger charge is 2.21. The van der Waals surface area contributed by atoms with Crippen LogP contribution in [0.2, 0.25) is 0 Å². The van der Waals surface area contributed by atoms with Crippen molar-refractivity contribution in [3.63, 3.8) is 0 Å². The molecule has 0 bridgehead atoms. The van der Waals surface area contributed by atoms with E-state index in [1.807, 2.05) is 0 Å². The lowest BCUT2D eigenvalue weighted by Gasteiger charge is -2.08. The van der Waals surface area contributed by atoms with Crippen LogP contribution >= 0.6 is 0 Å². The molecule has 0 aromatic carbocycles. The summed E-state index contributed by atoms with van der Waals surface area (Å²) in [5.41, 5.74) is 2.28. The maximum Gasteiger partial charge on any atom is 0.332 e. The van der Waals surface area contributed by atoms with Crippen molar-refractivity contribution in [3.05, 3.63) is 15.8 Å². The van der Waals surface area contributed by atoms with Crippen molar-refractivity contribution in [2.45, 2.75) is 13.3 Å². The van der Waals surface area contributed by atoms with Crippen LogP contribution in [0.4, 0.5) is 17.5 Å². The summed E-state index contributed by atoms with van der Waals surface area (Å²) in [6.07, 6.45) is 2.22. The lowest BCUT2D eigenvalue weighted by atomic mass is 10.3. The number of anilines is 2. The van der Waals surface area contributed by atoms with Crippen LogP contribution in [-0.4, -0.2) is 37.7 Å². The van der Waals surface area contributed by atoms with Crippen LogP contribution in [0, 0.1) is 17.0 Å². The lowest BCUT2D eigenvalue weighted by molar-refractivity contribution is -0.385. The summed E-state index contributed by atoms with van der Waals surface area (Å²) in [5, 5.41) is 13.8. The zero-order chi connectivity index (χ0) is 14.4. The van der Waals surface area contributed by atoms with Crippen LogP contribution in [0.3, 0.4) is 0 Å². The third-order valence-electron chi connectivity index (χ3n) is 2.27. The van der Waals surface area contributed by atoms with E-state index < -0.39 is 15.7 Å². The second-order valence-electron chi connectivity index (χ2n) is 3.79. The molecular weight excluding hydrogens is 272 g/mol. The summed E-state index contributed by atoms with van der Waals surface area (Å²) in [7, 11) is -0.887. The minimum Gasteiger partial charge on any atom is -0.364 e. The molecule has 1 atom stereocenters. The van der Waals surface area contributed by atoms with Gasteiger partial charge in [0.25, 0.3) is 0 Å². The molecule has 0 amide bonds. The molecule has 0 aliphatic rings. The molecule has 0 saturated carbocycles. The average Bonchev–Trinajstić information content (AvgIpc) is 2.33. The molecule has 106 valence electrons. The Hall–Kier alpha value is -1.81. The number of hydrazine groups is 1. The van der Waals surface area contributed by atoms with Gasteiger partial charge in [-0.05, 0) is 13.3 Å². The Bertz CT molecular complexity index is 495. The van der Waals surface area contributed by atoms with Gasteiger partial charge in [-0.3, -0.25) is 19.7 Å². The number of rotatable bonds is 7. The molecule has 0 aliphatic heterocycles. The maximum atomic E-state index is 11.0. The first-order valence-corrected chi connectivity index (χ1v) is 7.22. The Morgan fingerprint density at radius 2 is 2.16 bits per heavy atom. The monoisotopic (exact) mass is 288 g/mol. The molecule has 0 saturated heterocycles. The Morgan fingerprint density at radius 3 is 2.68 bits per heavy atom. The Labute approximate surface area is 112 Å². The van der Waals surface area contributed by atoms with Gasteiger partial charge in [0.15, 0.2) is 0 Å². The molecule has 1 rings (SSSR count). The highest BCUT2D eigenvalue weighted by Crippen LogP contribution is 2.26. The van der Waals surface area contributed by atoms with Crippen molar-refractivity contribution < 1.29 is 9.13 Å². The van der Waals surface area contributed by atoms with Gasteiger partial charge in [-0.2, -0.15) is 4.98 Å². The van der Waals surface area contributed by atoms with Gasteiger partial charge in [-0.1, -0.05) is 0 Å². The first-order valence-electron chi connectivity index (χ1n) is 5.49. The summed E-state index contributed by atoms with van der Waals surface area (Å²) in [6, 6.07) is 0. The topological polar surface area (TPSA) is 136 Å². The lowest BCUT2D eigenvalue weighted by Crippen LogP contribution is -2.15. The Kier molecular flexibility index (Phi) is 5.57. The smallest absolute Gasteiger partial charge is 0.332 e. The van der Waals surface area contributed by atoms with Crippen LogP contribution in [0.5, 0.6) is 0 Å². The summed E-state index contributed by atoms with van der Waals surface area (Å²) < 4.78 is 10.9. The van der Waals surface area contributed by atoms with Crippen LogP contribution in [-0.2, 0) is 10.8 Å². The molecule has 1 heterocycles. The summed E-state index contributed by atoms with van der Waals surface area (Å²) in [5.74, 6) is 5.92. The number of nitrogens with one attached hydrogen (secondary N) is 2. The molecule has 0 aliphatic carbocycles. The van der Waals surface area contributed by atoms with Crippen molar-refractivity contribution in [3.8, 4) is 0 Å². The first kappa shape index (κ1) is 15.2. The van der Waals surface area contributed by atoms with E-state index >= 15 is 0 Å². The fourth-order valence-electron chi connectivity index (χ4n) is 1.46. The molecule has 0 fully saturated rings. The quantitative estimate of drug-likeness (QED) is 0.279. The standard InChI is InChI=1S/C9H16N6O3S/c1-6-7(15(16)17)8(13-9(12-6)14-10)11-4-3-5-19(2)18/h3-5,10H2,1-2H3,(H2,11,12,13,14). The fourth-order valence-corrected chi connectivity index (χ4v) is 2.01. The van der Waals surface area contributed by atoms with Gasteiger partial charge in [-0.25, -0.2) is 10.8 Å². The van der Waals surface area contributed by atoms with Gasteiger partial charge in [-0.15, -0.1) is 0 Å². The molecule has 1 aromatic rings. The number of nitrogens with zero attached hydrogens (tertiary/aromatic N) is 3. The van der Waals surface area contributed by atoms with E-state index in [1.165, 1.54) is 6.92 Å². The number of nitrogens with two attached hydrogens (primary N) is 1. The fraction of sp³-hybridized carbons (Fsp3) is 0.556. The van der Waals surface area contributed by atoms with Gasteiger partial charge in [0.05, 0.1) is 4.92 Å². The number of hydrogen-bond donors (Lipinski definition) is 3. The highest BCUT2D eigenvalue weighted by atomic mass is 32.2. The molecule has 1 unspecified atom stereocenters. The van der Waals surface area contributed by atoms with E-state index in [-0.39, 0.29) is 23.1 Å². The first-order chi connectivity index (χ1) is 8.95. The van der Waals surface area contributed by atoms with Crippen molar-refractivity contribution in [1.82, 2.24) is 9.97 Å². The number of aryl methyl sites for hydroxylation is 1. The number of hydrogen-bond acceptors (Lipinski definition) is 8. The Balaban J connectivity index is 2.87. The third-order valence-corrected chi connectivity index (χ3v) is 3.13. The summed E-state index contributed by atoms with van der Waals surface area (Å²) in [6.45, 7) is 1.94. The van der Waals surface area contributed by atoms with E-state index in [9.17, 15) is 14.3 Å². The second-order valence-corrected chi connectivity index (χ2v) is 5.34. The second kappa shape index (κ2) is 6.95. The maximum absolute atomic E-state index is 11.0. The predicted octanol–water partition coefficient (Wildman–Crippen LogP) is 0.159. The molecule has 0 radical (unpaired) electrons. The summed E-state index contributed by atoms with van der Waals surface area (Å²) in [4.78, 5) is 18.2. The van der Waals surface area contributed by atoms with Crippen LogP contribution < -0.4 is 16.6 Å². The molecular formula is C9H16N6O3S. The van der Waals surface area contributed by atoms with E-state index in [2.05, 4.69) is 20.7 Å². The molecule has 1 aromatic heterocycles. The van der Waals surface area contributed by atoms with Gasteiger partial charge in [0, 0.05) is 29.4 Å². The minimum absolute atomic E-state index is 0.102. The van der Waals surface area contributed by atoms with Crippen molar-refractivity contribution >= 4 is 28.3 Å². The van der Waals surface area contributed by atoms with Gasteiger partial charge < -0.3 is 5.32 Å². The zero-order valence-electron chi connectivity index (χ0n) is 10.7. The number of nitrogen functional groups attached to an aromatic ring is 1. The van der Waals surface area contributed by atoms with Gasteiger partial charge >= 0.3 is 5.69 Å². The average molecular weight is 288 g/mol. The molecule has 10 heteroatoms. The summed E-state index contributed by atoms with van der Waals surface area (Å²) >= 11 is 0. The highest BCUT2D eigenvalue weighted by molar-refractivity contribution is 7.84. The van der Waals surface area contributed by atoms with E-state index in [0.29, 0.717) is 18.7 Å². The zero-order valence-corrected chi connectivity index (χ0v) is 11.5. The van der Waals surface area contributed by atoms with Crippen molar-refractivity contribution in [2.24, 2.45) is 5.84 Å². The molecule has 0 spiro atoms. The van der Waals surface area contributed by atoms with E-state index in [4.69, 9.17) is 5.84 Å². The normalized spacial score (nSPS) is 11.9. The van der Waals surface area contributed by atoms with Crippen LogP contribution in [0.1, 0.15) is 12.1 Å². The van der Waals surface area contributed by atoms with E-state index in [0.717, 1.165) is 0 Å².